The van der Waals surface area contributed by atoms with Gasteiger partial charge in [0.05, 0.1) is 34.6 Å². The number of anilines is 2. The summed E-state index contributed by atoms with van der Waals surface area (Å²) in [5.41, 5.74) is 0.549. The van der Waals surface area contributed by atoms with Crippen LogP contribution in [0.15, 0.2) is 30.3 Å². The molecule has 3 aromatic rings. The SMILES string of the molecule is CCCS(=O)(=O)N1CCCC(C(=O)Nc2nc3ccc(NC(=O)c4ccc(F)c(OC)c4F)cc3s2)C1. The van der Waals surface area contributed by atoms with E-state index in [1.54, 1.807) is 25.1 Å². The third kappa shape index (κ3) is 5.89. The predicted molar refractivity (Wildman–Crippen MR) is 137 cm³/mol. The summed E-state index contributed by atoms with van der Waals surface area (Å²) in [6.45, 7) is 2.35. The van der Waals surface area contributed by atoms with Crippen molar-refractivity contribution in [2.45, 2.75) is 26.2 Å². The third-order valence-corrected chi connectivity index (χ3v) is 8.96. The van der Waals surface area contributed by atoms with Crippen molar-refractivity contribution in [2.75, 3.05) is 36.6 Å². The van der Waals surface area contributed by atoms with E-state index in [4.69, 9.17) is 0 Å². The lowest BCUT2D eigenvalue weighted by molar-refractivity contribution is -0.120. The molecule has 1 saturated heterocycles. The van der Waals surface area contributed by atoms with Gasteiger partial charge >= 0.3 is 0 Å². The Hall–Kier alpha value is -3.16. The Balaban J connectivity index is 1.45. The number of nitrogens with zero attached hydrogens (tertiary/aromatic N) is 2. The van der Waals surface area contributed by atoms with Crippen molar-refractivity contribution in [3.05, 3.63) is 47.5 Å². The van der Waals surface area contributed by atoms with E-state index < -0.39 is 39.2 Å². The lowest BCUT2D eigenvalue weighted by Crippen LogP contribution is -2.44. The van der Waals surface area contributed by atoms with E-state index in [1.807, 2.05) is 0 Å². The lowest BCUT2D eigenvalue weighted by Gasteiger charge is -2.30. The number of halogens is 2. The molecule has 1 aliphatic heterocycles. The van der Waals surface area contributed by atoms with Gasteiger partial charge in [0.15, 0.2) is 22.5 Å². The molecule has 1 atom stereocenters. The van der Waals surface area contributed by atoms with Crippen LogP contribution in [0.4, 0.5) is 19.6 Å². The highest BCUT2D eigenvalue weighted by molar-refractivity contribution is 7.89. The Labute approximate surface area is 216 Å². The number of piperidine rings is 1. The molecule has 4 rings (SSSR count). The molecule has 1 fully saturated rings. The standard InChI is InChI=1S/C24H26F2N4O5S2/c1-3-11-37(33,34)30-10-4-5-14(13-30)22(31)29-24-28-18-9-6-15(12-19(18)36-24)27-23(32)16-7-8-17(25)21(35-2)20(16)26/h6-9,12,14H,3-5,10-11,13H2,1-2H3,(H,27,32)(H,28,29,31). The van der Waals surface area contributed by atoms with Gasteiger partial charge in [0.2, 0.25) is 15.9 Å². The first kappa shape index (κ1) is 26.9. The Morgan fingerprint density at radius 3 is 2.73 bits per heavy atom. The third-order valence-electron chi connectivity index (χ3n) is 5.98. The number of methoxy groups -OCH3 is 1. The van der Waals surface area contributed by atoms with Crippen molar-refractivity contribution in [1.29, 1.82) is 0 Å². The first-order valence-corrected chi connectivity index (χ1v) is 14.1. The molecule has 37 heavy (non-hydrogen) atoms. The van der Waals surface area contributed by atoms with Crippen molar-refractivity contribution in [1.82, 2.24) is 9.29 Å². The van der Waals surface area contributed by atoms with Crippen LogP contribution >= 0.6 is 11.3 Å². The highest BCUT2D eigenvalue weighted by Crippen LogP contribution is 2.30. The molecule has 198 valence electrons. The Morgan fingerprint density at radius 2 is 2.00 bits per heavy atom. The molecule has 2 aromatic carbocycles. The van der Waals surface area contributed by atoms with Gasteiger partial charge in [-0.25, -0.2) is 26.5 Å². The molecule has 2 heterocycles. The Morgan fingerprint density at radius 1 is 1.22 bits per heavy atom. The van der Waals surface area contributed by atoms with E-state index in [9.17, 15) is 26.8 Å². The van der Waals surface area contributed by atoms with Crippen LogP contribution < -0.4 is 15.4 Å². The number of carbonyl (C=O) groups is 2. The fourth-order valence-corrected chi connectivity index (χ4v) is 6.65. The molecule has 2 N–H and O–H groups in total. The van der Waals surface area contributed by atoms with Gasteiger partial charge in [-0.05, 0) is 49.6 Å². The Kier molecular flexibility index (Phi) is 8.05. The van der Waals surface area contributed by atoms with Gasteiger partial charge in [-0.3, -0.25) is 9.59 Å². The van der Waals surface area contributed by atoms with Crippen molar-refractivity contribution in [2.24, 2.45) is 5.92 Å². The van der Waals surface area contributed by atoms with Crippen LogP contribution in [-0.2, 0) is 14.8 Å². The van der Waals surface area contributed by atoms with Crippen molar-refractivity contribution < 1.29 is 31.5 Å². The van der Waals surface area contributed by atoms with E-state index in [-0.39, 0.29) is 23.8 Å². The number of nitrogens with one attached hydrogen (secondary N) is 2. The van der Waals surface area contributed by atoms with Crippen molar-refractivity contribution >= 4 is 54.2 Å². The molecule has 1 unspecified atom stereocenters. The van der Waals surface area contributed by atoms with Crippen LogP contribution in [0.3, 0.4) is 0 Å². The molecule has 0 saturated carbocycles. The van der Waals surface area contributed by atoms with E-state index in [0.717, 1.165) is 19.2 Å². The van der Waals surface area contributed by atoms with Gasteiger partial charge in [0, 0.05) is 18.8 Å². The van der Waals surface area contributed by atoms with Crippen LogP contribution in [0.25, 0.3) is 10.2 Å². The van der Waals surface area contributed by atoms with Gasteiger partial charge in [0.1, 0.15) is 0 Å². The second-order valence-electron chi connectivity index (χ2n) is 8.60. The number of hydrogen-bond donors (Lipinski definition) is 2. The maximum atomic E-state index is 14.4. The fourth-order valence-electron chi connectivity index (χ4n) is 4.15. The summed E-state index contributed by atoms with van der Waals surface area (Å²) >= 11 is 1.18. The first-order chi connectivity index (χ1) is 17.6. The molecule has 0 radical (unpaired) electrons. The highest BCUT2D eigenvalue weighted by Gasteiger charge is 2.32. The smallest absolute Gasteiger partial charge is 0.258 e. The number of fused-ring (bicyclic) bond motifs is 1. The summed E-state index contributed by atoms with van der Waals surface area (Å²) in [6.07, 6.45) is 1.69. The molecule has 9 nitrogen and oxygen atoms in total. The quantitative estimate of drug-likeness (QED) is 0.432. The number of thiazole rings is 1. The summed E-state index contributed by atoms with van der Waals surface area (Å²) in [6, 6.07) is 6.81. The van der Waals surface area contributed by atoms with E-state index >= 15 is 0 Å². The molecule has 13 heteroatoms. The lowest BCUT2D eigenvalue weighted by atomic mass is 9.99. The summed E-state index contributed by atoms with van der Waals surface area (Å²) in [5, 5.41) is 5.68. The van der Waals surface area contributed by atoms with Crippen LogP contribution in [0.2, 0.25) is 0 Å². The largest absolute Gasteiger partial charge is 0.491 e. The fraction of sp³-hybridized carbons (Fsp3) is 0.375. The second kappa shape index (κ2) is 11.1. The van der Waals surface area contributed by atoms with Crippen LogP contribution in [0.1, 0.15) is 36.5 Å². The van der Waals surface area contributed by atoms with Gasteiger partial charge in [-0.2, -0.15) is 0 Å². The number of benzene rings is 2. The number of carbonyl (C=O) groups excluding carboxylic acids is 2. The van der Waals surface area contributed by atoms with Gasteiger partial charge < -0.3 is 15.4 Å². The van der Waals surface area contributed by atoms with Crippen LogP contribution in [-0.4, -0.2) is 55.5 Å². The van der Waals surface area contributed by atoms with Crippen LogP contribution in [0.5, 0.6) is 5.75 Å². The molecule has 0 bridgehead atoms. The summed E-state index contributed by atoms with van der Waals surface area (Å²) in [7, 11) is -2.27. The maximum Gasteiger partial charge on any atom is 0.258 e. The molecular weight excluding hydrogens is 526 g/mol. The van der Waals surface area contributed by atoms with Gasteiger partial charge in [-0.1, -0.05) is 18.3 Å². The number of rotatable bonds is 8. The number of sulfonamides is 1. The highest BCUT2D eigenvalue weighted by atomic mass is 32.2. The minimum Gasteiger partial charge on any atom is -0.491 e. The van der Waals surface area contributed by atoms with E-state index in [0.29, 0.717) is 46.8 Å². The average Bonchev–Trinajstić information content (AvgIpc) is 3.25. The molecule has 1 aliphatic rings. The summed E-state index contributed by atoms with van der Waals surface area (Å²) in [5.74, 6) is -4.18. The topological polar surface area (TPSA) is 118 Å². The number of amides is 2. The minimum absolute atomic E-state index is 0.0550. The molecular formula is C24H26F2N4O5S2. The van der Waals surface area contributed by atoms with Gasteiger partial charge in [-0.15, -0.1) is 0 Å². The number of hydrogen-bond acceptors (Lipinski definition) is 7. The Bertz CT molecular complexity index is 1440. The van der Waals surface area contributed by atoms with Crippen molar-refractivity contribution in [3.63, 3.8) is 0 Å². The normalized spacial score (nSPS) is 16.5. The van der Waals surface area contributed by atoms with E-state index in [2.05, 4.69) is 20.4 Å². The zero-order valence-electron chi connectivity index (χ0n) is 20.2. The molecule has 2 amide bonds. The van der Waals surface area contributed by atoms with Crippen molar-refractivity contribution in [3.8, 4) is 5.75 Å². The maximum absolute atomic E-state index is 14.4. The zero-order chi connectivity index (χ0) is 26.7. The van der Waals surface area contributed by atoms with Gasteiger partial charge in [0.25, 0.3) is 5.91 Å². The second-order valence-corrected chi connectivity index (χ2v) is 11.7. The average molecular weight is 553 g/mol. The summed E-state index contributed by atoms with van der Waals surface area (Å²) in [4.78, 5) is 29.8. The first-order valence-electron chi connectivity index (χ1n) is 11.7. The minimum atomic E-state index is -3.38. The molecule has 0 aliphatic carbocycles. The monoisotopic (exact) mass is 552 g/mol. The zero-order valence-corrected chi connectivity index (χ0v) is 21.8. The number of aromatic nitrogens is 1. The van der Waals surface area contributed by atoms with E-state index in [1.165, 1.54) is 15.6 Å². The summed E-state index contributed by atoms with van der Waals surface area (Å²) < 4.78 is 59.6. The van der Waals surface area contributed by atoms with Crippen LogP contribution in [0, 0.1) is 17.6 Å². The predicted octanol–water partition coefficient (Wildman–Crippen LogP) is 4.23. The molecule has 1 aromatic heterocycles. The molecule has 0 spiro atoms. The number of ether oxygens (including phenoxy) is 1.